The number of Topliss-reactive ketones (excluding diaryl/α,β-unsaturated/α-hetero) is 1. The molecule has 0 bridgehead atoms. The summed E-state index contributed by atoms with van der Waals surface area (Å²) in [4.78, 5) is 39.2. The number of nitrogens with zero attached hydrogens (tertiary/aromatic N) is 2. The van der Waals surface area contributed by atoms with Crippen LogP contribution in [0.2, 0.25) is 0 Å². The van der Waals surface area contributed by atoms with Crippen molar-refractivity contribution in [1.82, 2.24) is 0 Å². The van der Waals surface area contributed by atoms with Crippen LogP contribution in [0.4, 0.5) is 5.69 Å². The summed E-state index contributed by atoms with van der Waals surface area (Å²) in [6.07, 6.45) is 1.55. The Hall–Kier alpha value is -2.60. The Kier molecular flexibility index (Phi) is 5.87. The maximum Gasteiger partial charge on any atom is 0.277 e. The number of hydrogen-bond acceptors (Lipinski definition) is 4. The molecule has 0 atom stereocenters. The first-order chi connectivity index (χ1) is 12.1. The Balaban J connectivity index is 2.47. The van der Waals surface area contributed by atoms with Crippen LogP contribution < -0.4 is 0 Å². The number of allylic oxidation sites excluding steroid dienone is 4. The van der Waals surface area contributed by atoms with Gasteiger partial charge < -0.3 is 0 Å². The number of amides is 1. The molecule has 0 aromatic heterocycles. The number of hydrogen-bond donors (Lipinski definition) is 0. The van der Waals surface area contributed by atoms with E-state index >= 15 is 0 Å². The van der Waals surface area contributed by atoms with Gasteiger partial charge in [-0.2, -0.15) is 0 Å². The predicted molar refractivity (Wildman–Crippen MR) is 101 cm³/mol. The maximum atomic E-state index is 12.6. The molecule has 0 spiro atoms. The topological polar surface area (TPSA) is 89.6 Å². The van der Waals surface area contributed by atoms with E-state index in [9.17, 15) is 19.7 Å². The number of nitro benzene ring substituents is 1. The Morgan fingerprint density at radius 3 is 2.15 bits per heavy atom. The quantitative estimate of drug-likeness (QED) is 0.441. The van der Waals surface area contributed by atoms with Crippen LogP contribution in [0.25, 0.3) is 0 Å². The van der Waals surface area contributed by atoms with Crippen molar-refractivity contribution in [2.24, 2.45) is 16.8 Å². The second kappa shape index (κ2) is 7.74. The molecule has 2 rings (SSSR count). The van der Waals surface area contributed by atoms with Crippen molar-refractivity contribution in [3.63, 3.8) is 0 Å². The van der Waals surface area contributed by atoms with Crippen molar-refractivity contribution in [1.29, 1.82) is 0 Å². The van der Waals surface area contributed by atoms with Gasteiger partial charge in [0.1, 0.15) is 0 Å². The van der Waals surface area contributed by atoms with E-state index in [1.165, 1.54) is 24.3 Å². The summed E-state index contributed by atoms with van der Waals surface area (Å²) in [5.41, 5.74) is 1.32. The van der Waals surface area contributed by atoms with Crippen molar-refractivity contribution >= 4 is 34.7 Å². The summed E-state index contributed by atoms with van der Waals surface area (Å²) in [5, 5.41) is 10.9. The van der Waals surface area contributed by atoms with Crippen LogP contribution in [-0.2, 0) is 4.79 Å². The average Bonchev–Trinajstić information content (AvgIpc) is 2.56. The third-order valence-corrected chi connectivity index (χ3v) is 4.40. The Labute approximate surface area is 156 Å². The van der Waals surface area contributed by atoms with Crippen LogP contribution in [0.5, 0.6) is 0 Å². The number of carbonyl (C=O) groups excluding carboxylic acids is 2. The van der Waals surface area contributed by atoms with E-state index in [-0.39, 0.29) is 39.6 Å². The van der Waals surface area contributed by atoms with E-state index in [2.05, 4.69) is 4.99 Å². The van der Waals surface area contributed by atoms with E-state index < -0.39 is 10.8 Å². The molecule has 1 aliphatic rings. The molecule has 0 saturated heterocycles. The lowest BCUT2D eigenvalue weighted by Crippen LogP contribution is -2.23. The van der Waals surface area contributed by atoms with E-state index in [0.29, 0.717) is 11.1 Å². The maximum absolute atomic E-state index is 12.6. The van der Waals surface area contributed by atoms with Crippen LogP contribution in [0.3, 0.4) is 0 Å². The van der Waals surface area contributed by atoms with Crippen molar-refractivity contribution in [3.8, 4) is 0 Å². The minimum absolute atomic E-state index is 0.0410. The molecule has 1 amide bonds. The highest BCUT2D eigenvalue weighted by atomic mass is 35.5. The Morgan fingerprint density at radius 1 is 1.12 bits per heavy atom. The number of aliphatic imine (C=N–C) groups is 1. The van der Waals surface area contributed by atoms with Gasteiger partial charge in [-0.1, -0.05) is 39.3 Å². The number of ketones is 1. The molecule has 0 heterocycles. The van der Waals surface area contributed by atoms with Crippen molar-refractivity contribution < 1.29 is 14.5 Å². The van der Waals surface area contributed by atoms with E-state index in [1.807, 2.05) is 27.7 Å². The molecule has 0 unspecified atom stereocenters. The van der Waals surface area contributed by atoms with Crippen molar-refractivity contribution in [3.05, 3.63) is 62.2 Å². The van der Waals surface area contributed by atoms with E-state index in [0.717, 1.165) is 0 Å². The fraction of sp³-hybridized carbons (Fsp3) is 0.316. The third-order valence-electron chi connectivity index (χ3n) is 4.01. The van der Waals surface area contributed by atoms with Crippen LogP contribution in [0.15, 0.2) is 51.5 Å². The molecule has 136 valence electrons. The monoisotopic (exact) mass is 374 g/mol. The van der Waals surface area contributed by atoms with E-state index in [4.69, 9.17) is 11.6 Å². The zero-order chi connectivity index (χ0) is 19.6. The van der Waals surface area contributed by atoms with Gasteiger partial charge in [0.2, 0.25) is 0 Å². The molecule has 1 aromatic carbocycles. The van der Waals surface area contributed by atoms with Crippen LogP contribution in [0.1, 0.15) is 38.1 Å². The standard InChI is InChI=1S/C19H19ClN2O4/c1-10(2)14-9-15(17(20)16(11(3)4)18(14)23)21-19(24)12-5-7-13(8-6-12)22(25)26/h5-11H,1-4H3. The minimum Gasteiger partial charge on any atom is -0.289 e. The second-order valence-corrected chi connectivity index (χ2v) is 6.95. The van der Waals surface area contributed by atoms with Gasteiger partial charge in [0.25, 0.3) is 11.6 Å². The number of carbonyl (C=O) groups is 2. The van der Waals surface area contributed by atoms with Gasteiger partial charge in [-0.05, 0) is 30.0 Å². The lowest BCUT2D eigenvalue weighted by Gasteiger charge is -2.22. The smallest absolute Gasteiger partial charge is 0.277 e. The van der Waals surface area contributed by atoms with Gasteiger partial charge >= 0.3 is 0 Å². The normalized spacial score (nSPS) is 16.5. The zero-order valence-corrected chi connectivity index (χ0v) is 15.7. The van der Waals surface area contributed by atoms with Gasteiger partial charge in [0, 0.05) is 28.8 Å². The third kappa shape index (κ3) is 3.96. The second-order valence-electron chi connectivity index (χ2n) is 6.57. The van der Waals surface area contributed by atoms with Crippen LogP contribution in [-0.4, -0.2) is 22.3 Å². The van der Waals surface area contributed by atoms with Crippen LogP contribution in [0, 0.1) is 22.0 Å². The summed E-state index contributed by atoms with van der Waals surface area (Å²) >= 11 is 6.35. The first kappa shape index (κ1) is 19.7. The average molecular weight is 375 g/mol. The van der Waals surface area contributed by atoms with Gasteiger partial charge in [-0.3, -0.25) is 19.7 Å². The molecule has 1 aliphatic carbocycles. The van der Waals surface area contributed by atoms with Crippen molar-refractivity contribution in [2.45, 2.75) is 27.7 Å². The van der Waals surface area contributed by atoms with E-state index in [1.54, 1.807) is 6.08 Å². The molecular formula is C19H19ClN2O4. The molecule has 0 aliphatic heterocycles. The first-order valence-electron chi connectivity index (χ1n) is 8.17. The molecule has 7 heteroatoms. The highest BCUT2D eigenvalue weighted by Gasteiger charge is 2.30. The van der Waals surface area contributed by atoms with Gasteiger partial charge in [0.05, 0.1) is 15.7 Å². The SMILES string of the molecule is CC(C)C1=CC(=NC(=O)c2ccc([N+](=O)[O-])cc2)C(Cl)=C(C(C)C)C1=O. The molecule has 0 radical (unpaired) electrons. The van der Waals surface area contributed by atoms with Gasteiger partial charge in [0.15, 0.2) is 5.78 Å². The number of benzene rings is 1. The molecule has 26 heavy (non-hydrogen) atoms. The lowest BCUT2D eigenvalue weighted by atomic mass is 9.84. The largest absolute Gasteiger partial charge is 0.289 e. The number of halogens is 1. The lowest BCUT2D eigenvalue weighted by molar-refractivity contribution is -0.384. The fourth-order valence-corrected chi connectivity index (χ4v) is 3.00. The number of rotatable bonds is 4. The Morgan fingerprint density at radius 2 is 1.69 bits per heavy atom. The first-order valence-corrected chi connectivity index (χ1v) is 8.55. The highest BCUT2D eigenvalue weighted by Crippen LogP contribution is 2.31. The number of nitro groups is 1. The summed E-state index contributed by atoms with van der Waals surface area (Å²) in [6, 6.07) is 5.16. The summed E-state index contributed by atoms with van der Waals surface area (Å²) < 4.78 is 0. The number of non-ortho nitro benzene ring substituents is 1. The molecule has 1 aromatic rings. The molecule has 0 saturated carbocycles. The molecular weight excluding hydrogens is 356 g/mol. The Bertz CT molecular complexity index is 862. The summed E-state index contributed by atoms with van der Waals surface area (Å²) in [7, 11) is 0. The van der Waals surface area contributed by atoms with Crippen LogP contribution >= 0.6 is 11.6 Å². The van der Waals surface area contributed by atoms with Gasteiger partial charge in [-0.25, -0.2) is 4.99 Å². The zero-order valence-electron chi connectivity index (χ0n) is 14.9. The summed E-state index contributed by atoms with van der Waals surface area (Å²) in [6.45, 7) is 7.48. The molecule has 0 N–H and O–H groups in total. The fourth-order valence-electron chi connectivity index (χ4n) is 2.59. The molecule has 6 nitrogen and oxygen atoms in total. The van der Waals surface area contributed by atoms with Crippen molar-refractivity contribution in [2.75, 3.05) is 0 Å². The summed E-state index contributed by atoms with van der Waals surface area (Å²) in [5.74, 6) is -0.857. The van der Waals surface area contributed by atoms with Gasteiger partial charge in [-0.15, -0.1) is 0 Å². The molecule has 0 fully saturated rings. The minimum atomic E-state index is -0.579. The predicted octanol–water partition coefficient (Wildman–Crippen LogP) is 4.49. The highest BCUT2D eigenvalue weighted by molar-refractivity contribution is 6.50.